The number of anilines is 2. The summed E-state index contributed by atoms with van der Waals surface area (Å²) in [6.45, 7) is 5.84. The van der Waals surface area contributed by atoms with E-state index in [9.17, 15) is 0 Å². The first-order valence-electron chi connectivity index (χ1n) is 6.73. The summed E-state index contributed by atoms with van der Waals surface area (Å²) in [6.07, 6.45) is 2.12. The fourth-order valence-corrected chi connectivity index (χ4v) is 2.26. The molecule has 1 aromatic carbocycles. The summed E-state index contributed by atoms with van der Waals surface area (Å²) in [5, 5.41) is 9.08. The second-order valence-corrected chi connectivity index (χ2v) is 4.54. The first kappa shape index (κ1) is 15.3. The molecule has 0 saturated carbocycles. The van der Waals surface area contributed by atoms with Crippen LogP contribution in [0.5, 0.6) is 0 Å². The van der Waals surface area contributed by atoms with Crippen LogP contribution in [0.25, 0.3) is 0 Å². The maximum Gasteiger partial charge on any atom is 0.101 e. The van der Waals surface area contributed by atoms with Gasteiger partial charge in [-0.15, -0.1) is 0 Å². The minimum absolute atomic E-state index is 0.449. The van der Waals surface area contributed by atoms with Gasteiger partial charge >= 0.3 is 0 Å². The van der Waals surface area contributed by atoms with Gasteiger partial charge < -0.3 is 15.4 Å². The molecule has 0 fully saturated rings. The monoisotopic (exact) mass is 261 g/mol. The van der Waals surface area contributed by atoms with Crippen molar-refractivity contribution in [2.75, 3.05) is 30.9 Å². The van der Waals surface area contributed by atoms with Crippen LogP contribution < -0.4 is 10.6 Å². The molecule has 0 aliphatic rings. The summed E-state index contributed by atoms with van der Waals surface area (Å²) in [7, 11) is 1.70. The van der Waals surface area contributed by atoms with Crippen molar-refractivity contribution in [2.45, 2.75) is 32.7 Å². The van der Waals surface area contributed by atoms with Crippen LogP contribution in [-0.2, 0) is 4.74 Å². The maximum atomic E-state index is 9.08. The molecule has 4 nitrogen and oxygen atoms in total. The number of nitrogens with zero attached hydrogens (tertiary/aromatic N) is 2. The van der Waals surface area contributed by atoms with E-state index in [2.05, 4.69) is 24.8 Å². The Hall–Kier alpha value is -1.73. The predicted molar refractivity (Wildman–Crippen MR) is 79.2 cm³/mol. The lowest BCUT2D eigenvalue weighted by atomic mass is 10.1. The maximum absolute atomic E-state index is 9.08. The Bertz CT molecular complexity index is 436. The molecule has 4 heteroatoms. The second kappa shape index (κ2) is 7.65. The van der Waals surface area contributed by atoms with Gasteiger partial charge in [-0.05, 0) is 31.0 Å². The number of methoxy groups -OCH3 is 1. The standard InChI is InChI=1S/C15H23N3O/c1-4-13(5-2)18(8-9-19-3)14-6-7-15(17)12(10-14)11-16/h6-7,10,13H,4-5,8-9,17H2,1-3H3. The molecule has 1 aromatic rings. The molecule has 0 spiro atoms. The Kier molecular flexibility index (Phi) is 6.17. The summed E-state index contributed by atoms with van der Waals surface area (Å²) in [5.41, 5.74) is 7.88. The van der Waals surface area contributed by atoms with Crippen molar-refractivity contribution in [3.8, 4) is 6.07 Å². The first-order valence-corrected chi connectivity index (χ1v) is 6.73. The molecular formula is C15H23N3O. The van der Waals surface area contributed by atoms with E-state index in [1.807, 2.05) is 12.1 Å². The Morgan fingerprint density at radius 2 is 2.05 bits per heavy atom. The van der Waals surface area contributed by atoms with E-state index < -0.39 is 0 Å². The van der Waals surface area contributed by atoms with Crippen molar-refractivity contribution in [3.63, 3.8) is 0 Å². The molecule has 0 radical (unpaired) electrons. The molecule has 0 unspecified atom stereocenters. The fraction of sp³-hybridized carbons (Fsp3) is 0.533. The van der Waals surface area contributed by atoms with Gasteiger partial charge in [-0.1, -0.05) is 13.8 Å². The Balaban J connectivity index is 3.06. The third kappa shape index (κ3) is 3.87. The summed E-state index contributed by atoms with van der Waals surface area (Å²) in [5.74, 6) is 0. The third-order valence-electron chi connectivity index (χ3n) is 3.41. The van der Waals surface area contributed by atoms with E-state index in [1.54, 1.807) is 13.2 Å². The highest BCUT2D eigenvalue weighted by molar-refractivity contribution is 5.63. The highest BCUT2D eigenvalue weighted by atomic mass is 16.5. The molecule has 0 bridgehead atoms. The van der Waals surface area contributed by atoms with E-state index in [1.165, 1.54) is 0 Å². The highest BCUT2D eigenvalue weighted by Crippen LogP contribution is 2.24. The molecule has 0 atom stereocenters. The van der Waals surface area contributed by atoms with Gasteiger partial charge in [0.05, 0.1) is 12.2 Å². The minimum Gasteiger partial charge on any atom is -0.398 e. The number of rotatable bonds is 7. The lowest BCUT2D eigenvalue weighted by Crippen LogP contribution is -2.37. The van der Waals surface area contributed by atoms with Gasteiger partial charge in [0, 0.05) is 31.1 Å². The van der Waals surface area contributed by atoms with Gasteiger partial charge in [-0.25, -0.2) is 0 Å². The molecule has 19 heavy (non-hydrogen) atoms. The van der Waals surface area contributed by atoms with Crippen LogP contribution >= 0.6 is 0 Å². The van der Waals surface area contributed by atoms with Crippen molar-refractivity contribution >= 4 is 11.4 Å². The van der Waals surface area contributed by atoms with Gasteiger partial charge in [0.1, 0.15) is 6.07 Å². The van der Waals surface area contributed by atoms with Crippen LogP contribution in [0.15, 0.2) is 18.2 Å². The molecule has 0 aliphatic heterocycles. The number of nitrogens with two attached hydrogens (primary N) is 1. The van der Waals surface area contributed by atoms with E-state index in [4.69, 9.17) is 15.7 Å². The Morgan fingerprint density at radius 3 is 2.58 bits per heavy atom. The number of hydrogen-bond donors (Lipinski definition) is 1. The van der Waals surface area contributed by atoms with Crippen molar-refractivity contribution in [1.82, 2.24) is 0 Å². The predicted octanol–water partition coefficient (Wildman–Crippen LogP) is 2.78. The molecule has 0 heterocycles. The second-order valence-electron chi connectivity index (χ2n) is 4.54. The number of benzene rings is 1. The number of hydrogen-bond acceptors (Lipinski definition) is 4. The van der Waals surface area contributed by atoms with Crippen molar-refractivity contribution in [1.29, 1.82) is 5.26 Å². The largest absolute Gasteiger partial charge is 0.398 e. The highest BCUT2D eigenvalue weighted by Gasteiger charge is 2.16. The molecule has 104 valence electrons. The summed E-state index contributed by atoms with van der Waals surface area (Å²) in [6, 6.07) is 8.23. The molecule has 0 saturated heterocycles. The van der Waals surface area contributed by atoms with Crippen LogP contribution in [0.2, 0.25) is 0 Å². The normalized spacial score (nSPS) is 10.5. The Morgan fingerprint density at radius 1 is 1.37 bits per heavy atom. The van der Waals surface area contributed by atoms with E-state index in [0.717, 1.165) is 25.1 Å². The summed E-state index contributed by atoms with van der Waals surface area (Å²) < 4.78 is 5.18. The van der Waals surface area contributed by atoms with Crippen LogP contribution in [0.3, 0.4) is 0 Å². The zero-order valence-electron chi connectivity index (χ0n) is 12.0. The van der Waals surface area contributed by atoms with E-state index in [0.29, 0.717) is 23.9 Å². The fourth-order valence-electron chi connectivity index (χ4n) is 2.26. The van der Waals surface area contributed by atoms with Gasteiger partial charge in [0.15, 0.2) is 0 Å². The van der Waals surface area contributed by atoms with E-state index >= 15 is 0 Å². The van der Waals surface area contributed by atoms with Crippen molar-refractivity contribution in [3.05, 3.63) is 23.8 Å². The molecular weight excluding hydrogens is 238 g/mol. The zero-order valence-corrected chi connectivity index (χ0v) is 12.0. The number of nitriles is 1. The Labute approximate surface area is 115 Å². The summed E-state index contributed by atoms with van der Waals surface area (Å²) >= 11 is 0. The molecule has 0 aromatic heterocycles. The quantitative estimate of drug-likeness (QED) is 0.767. The van der Waals surface area contributed by atoms with Gasteiger partial charge in [0.25, 0.3) is 0 Å². The molecule has 0 aliphatic carbocycles. The van der Waals surface area contributed by atoms with Gasteiger partial charge in [-0.3, -0.25) is 0 Å². The first-order chi connectivity index (χ1) is 9.17. The van der Waals surface area contributed by atoms with Crippen molar-refractivity contribution in [2.24, 2.45) is 0 Å². The minimum atomic E-state index is 0.449. The number of ether oxygens (including phenoxy) is 1. The molecule has 1 rings (SSSR count). The average molecular weight is 261 g/mol. The van der Waals surface area contributed by atoms with Gasteiger partial charge in [-0.2, -0.15) is 5.26 Å². The third-order valence-corrected chi connectivity index (χ3v) is 3.41. The topological polar surface area (TPSA) is 62.3 Å². The molecule has 2 N–H and O–H groups in total. The van der Waals surface area contributed by atoms with Crippen LogP contribution in [-0.4, -0.2) is 26.3 Å². The van der Waals surface area contributed by atoms with E-state index in [-0.39, 0.29) is 0 Å². The van der Waals surface area contributed by atoms with Crippen LogP contribution in [0.4, 0.5) is 11.4 Å². The number of nitrogen functional groups attached to an aromatic ring is 1. The smallest absolute Gasteiger partial charge is 0.101 e. The van der Waals surface area contributed by atoms with Gasteiger partial charge in [0.2, 0.25) is 0 Å². The molecule has 0 amide bonds. The zero-order chi connectivity index (χ0) is 14.3. The van der Waals surface area contributed by atoms with Crippen molar-refractivity contribution < 1.29 is 4.74 Å². The lowest BCUT2D eigenvalue weighted by molar-refractivity contribution is 0.202. The van der Waals surface area contributed by atoms with Crippen LogP contribution in [0, 0.1) is 11.3 Å². The SMILES string of the molecule is CCC(CC)N(CCOC)c1ccc(N)c(C#N)c1. The lowest BCUT2D eigenvalue weighted by Gasteiger charge is -2.32. The summed E-state index contributed by atoms with van der Waals surface area (Å²) in [4.78, 5) is 2.30. The average Bonchev–Trinajstić information content (AvgIpc) is 2.44. The van der Waals surface area contributed by atoms with Crippen LogP contribution in [0.1, 0.15) is 32.3 Å².